The van der Waals surface area contributed by atoms with Gasteiger partial charge in [0.1, 0.15) is 17.6 Å². The predicted molar refractivity (Wildman–Crippen MR) is 76.5 cm³/mol. The quantitative estimate of drug-likeness (QED) is 0.886. The molecule has 0 unspecified atom stereocenters. The molecule has 0 spiro atoms. The van der Waals surface area contributed by atoms with Crippen LogP contribution in [-0.4, -0.2) is 42.1 Å². The molecular formula is C15H16FN3O3. The van der Waals surface area contributed by atoms with Crippen molar-refractivity contribution in [3.05, 3.63) is 35.6 Å². The van der Waals surface area contributed by atoms with E-state index in [1.54, 1.807) is 17.0 Å². The first-order valence-corrected chi connectivity index (χ1v) is 7.15. The van der Waals surface area contributed by atoms with Gasteiger partial charge in [0.2, 0.25) is 5.91 Å². The van der Waals surface area contributed by atoms with E-state index in [1.807, 2.05) is 0 Å². The van der Waals surface area contributed by atoms with Gasteiger partial charge in [0, 0.05) is 19.4 Å². The van der Waals surface area contributed by atoms with E-state index in [1.165, 1.54) is 12.1 Å². The number of hydrazone groups is 1. The van der Waals surface area contributed by atoms with E-state index in [-0.39, 0.29) is 30.2 Å². The molecule has 2 aliphatic rings. The van der Waals surface area contributed by atoms with Crippen molar-refractivity contribution in [2.75, 3.05) is 19.7 Å². The van der Waals surface area contributed by atoms with Gasteiger partial charge in [-0.05, 0) is 17.7 Å². The number of nitrogens with zero attached hydrogens (tertiary/aromatic N) is 2. The van der Waals surface area contributed by atoms with Crippen molar-refractivity contribution < 1.29 is 18.7 Å². The smallest absolute Gasteiger partial charge is 0.270 e. The van der Waals surface area contributed by atoms with E-state index in [2.05, 4.69) is 10.5 Å². The Morgan fingerprint density at radius 2 is 2.09 bits per heavy atom. The van der Waals surface area contributed by atoms with Gasteiger partial charge in [-0.3, -0.25) is 9.59 Å². The number of carbonyl (C=O) groups is 2. The summed E-state index contributed by atoms with van der Waals surface area (Å²) < 4.78 is 18.6. The number of nitrogens with one attached hydrogen (secondary N) is 1. The molecule has 1 fully saturated rings. The van der Waals surface area contributed by atoms with E-state index in [0.717, 1.165) is 5.56 Å². The summed E-state index contributed by atoms with van der Waals surface area (Å²) in [4.78, 5) is 25.2. The summed E-state index contributed by atoms with van der Waals surface area (Å²) in [7, 11) is 0. The molecule has 22 heavy (non-hydrogen) atoms. The minimum absolute atomic E-state index is 0.178. The summed E-state index contributed by atoms with van der Waals surface area (Å²) >= 11 is 0. The van der Waals surface area contributed by atoms with Crippen LogP contribution in [0.2, 0.25) is 0 Å². The third-order valence-electron chi connectivity index (χ3n) is 3.75. The Kier molecular flexibility index (Phi) is 4.15. The Morgan fingerprint density at radius 3 is 2.77 bits per heavy atom. The predicted octanol–water partition coefficient (Wildman–Crippen LogP) is 0.992. The van der Waals surface area contributed by atoms with Gasteiger partial charge in [0.15, 0.2) is 0 Å². The number of morpholine rings is 1. The molecule has 1 N–H and O–H groups in total. The fourth-order valence-electron chi connectivity index (χ4n) is 2.52. The van der Waals surface area contributed by atoms with Gasteiger partial charge in [0.05, 0.1) is 13.2 Å². The van der Waals surface area contributed by atoms with Crippen LogP contribution in [0.25, 0.3) is 0 Å². The summed E-state index contributed by atoms with van der Waals surface area (Å²) in [6.07, 6.45) is 0.344. The van der Waals surface area contributed by atoms with Crippen molar-refractivity contribution in [2.24, 2.45) is 5.10 Å². The first-order chi connectivity index (χ1) is 10.6. The van der Waals surface area contributed by atoms with Crippen molar-refractivity contribution >= 4 is 17.5 Å². The molecule has 1 aromatic carbocycles. The van der Waals surface area contributed by atoms with Crippen molar-refractivity contribution in [1.29, 1.82) is 0 Å². The molecule has 7 heteroatoms. The molecule has 2 aliphatic heterocycles. The van der Waals surface area contributed by atoms with E-state index >= 15 is 0 Å². The Morgan fingerprint density at radius 1 is 1.32 bits per heavy atom. The molecule has 1 saturated heterocycles. The third-order valence-corrected chi connectivity index (χ3v) is 3.75. The summed E-state index contributed by atoms with van der Waals surface area (Å²) in [6.45, 7) is 1.27. The number of halogens is 1. The summed E-state index contributed by atoms with van der Waals surface area (Å²) in [5.41, 5.74) is 3.52. The first kappa shape index (κ1) is 14.6. The highest BCUT2D eigenvalue weighted by Crippen LogP contribution is 2.23. The van der Waals surface area contributed by atoms with Crippen molar-refractivity contribution in [3.63, 3.8) is 0 Å². The normalized spacial score (nSPS) is 22.0. The highest BCUT2D eigenvalue weighted by Gasteiger charge is 2.29. The second kappa shape index (κ2) is 6.23. The minimum Gasteiger partial charge on any atom is -0.370 e. The molecule has 0 aliphatic carbocycles. The maximum absolute atomic E-state index is 13.0. The average Bonchev–Trinajstić information content (AvgIpc) is 2.56. The van der Waals surface area contributed by atoms with Crippen LogP contribution in [0.3, 0.4) is 0 Å². The van der Waals surface area contributed by atoms with Crippen LogP contribution in [0.1, 0.15) is 24.5 Å². The second-order valence-electron chi connectivity index (χ2n) is 5.26. The third kappa shape index (κ3) is 3.14. The second-order valence-corrected chi connectivity index (χ2v) is 5.26. The van der Waals surface area contributed by atoms with Gasteiger partial charge < -0.3 is 9.64 Å². The number of hydrogen-bond donors (Lipinski definition) is 1. The number of carbonyl (C=O) groups excluding carboxylic acids is 2. The molecule has 116 valence electrons. The van der Waals surface area contributed by atoms with Gasteiger partial charge in [-0.1, -0.05) is 12.1 Å². The molecule has 1 atom stereocenters. The molecule has 0 aromatic heterocycles. The lowest BCUT2D eigenvalue weighted by atomic mass is 10.1. The number of benzene rings is 1. The van der Waals surface area contributed by atoms with E-state index in [0.29, 0.717) is 31.8 Å². The molecule has 2 amide bonds. The van der Waals surface area contributed by atoms with E-state index in [9.17, 15) is 14.0 Å². The Bertz CT molecular complexity index is 615. The highest BCUT2D eigenvalue weighted by atomic mass is 19.1. The molecular weight excluding hydrogens is 289 g/mol. The Balaban J connectivity index is 1.69. The zero-order valence-corrected chi connectivity index (χ0v) is 11.9. The van der Waals surface area contributed by atoms with E-state index < -0.39 is 0 Å². The van der Waals surface area contributed by atoms with Crippen molar-refractivity contribution in [3.8, 4) is 0 Å². The zero-order chi connectivity index (χ0) is 15.5. The molecule has 1 aromatic rings. The van der Waals surface area contributed by atoms with Crippen LogP contribution in [0.5, 0.6) is 0 Å². The zero-order valence-electron chi connectivity index (χ0n) is 11.9. The van der Waals surface area contributed by atoms with Crippen LogP contribution in [-0.2, 0) is 14.3 Å². The number of rotatable bonds is 2. The summed E-state index contributed by atoms with van der Waals surface area (Å²) in [5.74, 6) is -0.669. The van der Waals surface area contributed by atoms with Crippen LogP contribution < -0.4 is 5.43 Å². The van der Waals surface area contributed by atoms with Gasteiger partial charge in [-0.15, -0.1) is 0 Å². The van der Waals surface area contributed by atoms with Crippen LogP contribution in [0, 0.1) is 5.82 Å². The molecule has 6 nitrogen and oxygen atoms in total. The van der Waals surface area contributed by atoms with Crippen LogP contribution in [0.4, 0.5) is 4.39 Å². The van der Waals surface area contributed by atoms with Gasteiger partial charge in [-0.2, -0.15) is 5.10 Å². The summed E-state index contributed by atoms with van der Waals surface area (Å²) in [5, 5.41) is 3.83. The maximum Gasteiger partial charge on any atom is 0.270 e. The molecule has 3 rings (SSSR count). The van der Waals surface area contributed by atoms with Crippen molar-refractivity contribution in [2.45, 2.75) is 18.9 Å². The topological polar surface area (TPSA) is 71.0 Å². The van der Waals surface area contributed by atoms with Gasteiger partial charge >= 0.3 is 0 Å². The molecule has 0 saturated carbocycles. The standard InChI is InChI=1S/C15H16FN3O3/c16-11-3-1-10(2-4-11)13-9-19(7-8-22-13)15(21)12-5-6-14(20)18-17-12/h1-4,13H,5-9H2,(H,18,20)/t13-/m1/s1. The lowest BCUT2D eigenvalue weighted by molar-refractivity contribution is -0.132. The first-order valence-electron chi connectivity index (χ1n) is 7.15. The molecule has 0 radical (unpaired) electrons. The van der Waals surface area contributed by atoms with Gasteiger partial charge in [-0.25, -0.2) is 9.82 Å². The Labute approximate surface area is 126 Å². The largest absolute Gasteiger partial charge is 0.370 e. The van der Waals surface area contributed by atoms with Gasteiger partial charge in [0.25, 0.3) is 5.91 Å². The molecule has 0 bridgehead atoms. The number of ether oxygens (including phenoxy) is 1. The Hall–Kier alpha value is -2.28. The summed E-state index contributed by atoms with van der Waals surface area (Å²) in [6, 6.07) is 6.07. The van der Waals surface area contributed by atoms with Crippen molar-refractivity contribution in [1.82, 2.24) is 10.3 Å². The fourth-order valence-corrected chi connectivity index (χ4v) is 2.52. The average molecular weight is 305 g/mol. The lowest BCUT2D eigenvalue weighted by Gasteiger charge is -2.33. The lowest BCUT2D eigenvalue weighted by Crippen LogP contribution is -2.46. The number of hydrogen-bond acceptors (Lipinski definition) is 4. The number of amides is 2. The minimum atomic E-state index is -0.306. The maximum atomic E-state index is 13.0. The van der Waals surface area contributed by atoms with Crippen LogP contribution >= 0.6 is 0 Å². The molecule has 2 heterocycles. The van der Waals surface area contributed by atoms with E-state index in [4.69, 9.17) is 4.74 Å². The SMILES string of the molecule is O=C1CCC(C(=O)N2CCO[C@@H](c3ccc(F)cc3)C2)=NN1. The monoisotopic (exact) mass is 305 g/mol. The highest BCUT2D eigenvalue weighted by molar-refractivity contribution is 6.39. The fraction of sp³-hybridized carbons (Fsp3) is 0.400. The van der Waals surface area contributed by atoms with Crippen LogP contribution in [0.15, 0.2) is 29.4 Å².